The summed E-state index contributed by atoms with van der Waals surface area (Å²) >= 11 is 4.59. The summed E-state index contributed by atoms with van der Waals surface area (Å²) in [5.74, 6) is 0.420. The minimum absolute atomic E-state index is 0.168. The Morgan fingerprint density at radius 3 is 2.86 bits per heavy atom. The largest absolute Gasteiger partial charge is 0.324 e. The molecule has 1 unspecified atom stereocenters. The van der Waals surface area contributed by atoms with Gasteiger partial charge in [-0.15, -0.1) is 0 Å². The van der Waals surface area contributed by atoms with Crippen LogP contribution >= 0.6 is 12.6 Å². The molecule has 1 aliphatic carbocycles. The van der Waals surface area contributed by atoms with E-state index in [0.29, 0.717) is 5.92 Å². The second-order valence-electron chi connectivity index (χ2n) is 3.65. The molecule has 1 aromatic rings. The third-order valence-electron chi connectivity index (χ3n) is 2.55. The second kappa shape index (κ2) is 4.15. The van der Waals surface area contributed by atoms with Crippen LogP contribution in [0.5, 0.6) is 0 Å². The van der Waals surface area contributed by atoms with Crippen molar-refractivity contribution in [3.05, 3.63) is 42.2 Å². The van der Waals surface area contributed by atoms with Crippen LogP contribution in [0, 0.1) is 5.92 Å². The summed E-state index contributed by atoms with van der Waals surface area (Å²) in [6.45, 7) is 0. The molecular formula is C11H14N2S. The maximum atomic E-state index is 5.80. The highest BCUT2D eigenvalue weighted by Gasteiger charge is 2.23. The molecule has 2 nitrogen and oxygen atoms in total. The zero-order chi connectivity index (χ0) is 9.97. The molecule has 74 valence electrons. The minimum Gasteiger partial charge on any atom is -0.324 e. The van der Waals surface area contributed by atoms with Gasteiger partial charge >= 0.3 is 0 Å². The monoisotopic (exact) mass is 206 g/mol. The van der Waals surface area contributed by atoms with Crippen LogP contribution in [0.2, 0.25) is 0 Å². The summed E-state index contributed by atoms with van der Waals surface area (Å²) in [7, 11) is 0. The quantitative estimate of drug-likeness (QED) is 0.573. The number of thiol groups is 1. The molecule has 3 atom stereocenters. The number of pyridine rings is 1. The van der Waals surface area contributed by atoms with Gasteiger partial charge in [0.1, 0.15) is 0 Å². The van der Waals surface area contributed by atoms with Crippen LogP contribution in [0.3, 0.4) is 0 Å². The normalized spacial score (nSPS) is 27.9. The van der Waals surface area contributed by atoms with Crippen LogP contribution in [-0.2, 0) is 0 Å². The van der Waals surface area contributed by atoms with E-state index in [9.17, 15) is 0 Å². The maximum Gasteiger partial charge on any atom is 0.0536 e. The smallest absolute Gasteiger partial charge is 0.0536 e. The molecule has 0 bridgehead atoms. The molecule has 14 heavy (non-hydrogen) atoms. The maximum absolute atomic E-state index is 5.80. The van der Waals surface area contributed by atoms with Gasteiger partial charge in [0.25, 0.3) is 0 Å². The van der Waals surface area contributed by atoms with E-state index in [2.05, 4.69) is 29.8 Å². The molecule has 3 heteroatoms. The van der Waals surface area contributed by atoms with E-state index < -0.39 is 0 Å². The molecule has 0 amide bonds. The Hall–Kier alpha value is -0.800. The predicted octanol–water partition coefficient (Wildman–Crippen LogP) is 1.96. The first-order chi connectivity index (χ1) is 6.77. The van der Waals surface area contributed by atoms with Gasteiger partial charge in [-0.2, -0.15) is 12.6 Å². The van der Waals surface area contributed by atoms with Crippen molar-refractivity contribution in [3.63, 3.8) is 0 Å². The van der Waals surface area contributed by atoms with Crippen molar-refractivity contribution < 1.29 is 0 Å². The molecular weight excluding hydrogens is 192 g/mol. The molecule has 0 spiro atoms. The Labute approximate surface area is 89.6 Å². The SMILES string of the molecule is N[C@H]1C=C[C@@H](C(S)c2ccccn2)C1. The highest BCUT2D eigenvalue weighted by atomic mass is 32.1. The molecule has 0 saturated heterocycles. The van der Waals surface area contributed by atoms with Gasteiger partial charge in [-0.25, -0.2) is 0 Å². The standard InChI is InChI=1S/C11H14N2S/c12-9-5-4-8(7-9)11(14)10-3-1-2-6-13-10/h1-6,8-9,11,14H,7,12H2/t8-,9+,11?/m1/s1. The Balaban J connectivity index is 2.10. The van der Waals surface area contributed by atoms with Gasteiger partial charge in [-0.1, -0.05) is 18.2 Å². The molecule has 0 aromatic carbocycles. The zero-order valence-electron chi connectivity index (χ0n) is 7.88. The molecule has 1 aliphatic rings. The first-order valence-electron chi connectivity index (χ1n) is 4.80. The number of aromatic nitrogens is 1. The summed E-state index contributed by atoms with van der Waals surface area (Å²) in [5.41, 5.74) is 6.83. The summed E-state index contributed by atoms with van der Waals surface area (Å²) in [5, 5.41) is 0.168. The van der Waals surface area contributed by atoms with Crippen LogP contribution in [0.1, 0.15) is 17.4 Å². The lowest BCUT2D eigenvalue weighted by molar-refractivity contribution is 0.574. The van der Waals surface area contributed by atoms with E-state index in [1.807, 2.05) is 18.2 Å². The number of hydrogen-bond donors (Lipinski definition) is 2. The highest BCUT2D eigenvalue weighted by Crippen LogP contribution is 2.34. The van der Waals surface area contributed by atoms with Crippen LogP contribution in [-0.4, -0.2) is 11.0 Å². The van der Waals surface area contributed by atoms with Crippen molar-refractivity contribution in [3.8, 4) is 0 Å². The van der Waals surface area contributed by atoms with Gasteiger partial charge < -0.3 is 5.73 Å². The lowest BCUT2D eigenvalue weighted by Crippen LogP contribution is -2.16. The van der Waals surface area contributed by atoms with Crippen molar-refractivity contribution >= 4 is 12.6 Å². The van der Waals surface area contributed by atoms with E-state index in [0.717, 1.165) is 12.1 Å². The molecule has 2 N–H and O–H groups in total. The van der Waals surface area contributed by atoms with Crippen LogP contribution < -0.4 is 5.73 Å². The Morgan fingerprint density at radius 2 is 2.29 bits per heavy atom. The van der Waals surface area contributed by atoms with E-state index in [4.69, 9.17) is 5.73 Å². The number of hydrogen-bond acceptors (Lipinski definition) is 3. The summed E-state index contributed by atoms with van der Waals surface area (Å²) < 4.78 is 0. The van der Waals surface area contributed by atoms with Gasteiger partial charge in [-0.3, -0.25) is 4.98 Å². The first-order valence-corrected chi connectivity index (χ1v) is 5.32. The molecule has 0 aliphatic heterocycles. The highest BCUT2D eigenvalue weighted by molar-refractivity contribution is 7.80. The summed E-state index contributed by atoms with van der Waals surface area (Å²) in [6, 6.07) is 6.11. The average molecular weight is 206 g/mol. The number of allylic oxidation sites excluding steroid dienone is 1. The van der Waals surface area contributed by atoms with Crippen LogP contribution in [0.15, 0.2) is 36.5 Å². The van der Waals surface area contributed by atoms with E-state index >= 15 is 0 Å². The van der Waals surface area contributed by atoms with Crippen LogP contribution in [0.25, 0.3) is 0 Å². The predicted molar refractivity (Wildman–Crippen MR) is 61.2 cm³/mol. The van der Waals surface area contributed by atoms with E-state index in [1.54, 1.807) is 6.20 Å². The van der Waals surface area contributed by atoms with Gasteiger partial charge in [0.2, 0.25) is 0 Å². The molecule has 0 fully saturated rings. The fourth-order valence-corrected chi connectivity index (χ4v) is 2.14. The molecule has 0 radical (unpaired) electrons. The summed E-state index contributed by atoms with van der Waals surface area (Å²) in [4.78, 5) is 4.30. The Kier molecular flexibility index (Phi) is 2.89. The van der Waals surface area contributed by atoms with Gasteiger partial charge in [0.05, 0.1) is 10.9 Å². The topological polar surface area (TPSA) is 38.9 Å². The lowest BCUT2D eigenvalue weighted by Gasteiger charge is -2.16. The molecule has 1 aromatic heterocycles. The third kappa shape index (κ3) is 1.99. The van der Waals surface area contributed by atoms with Crippen molar-refractivity contribution in [2.24, 2.45) is 11.7 Å². The molecule has 2 rings (SSSR count). The Morgan fingerprint density at radius 1 is 1.43 bits per heavy atom. The van der Waals surface area contributed by atoms with Crippen molar-refractivity contribution in [2.45, 2.75) is 17.7 Å². The number of nitrogens with zero attached hydrogens (tertiary/aromatic N) is 1. The zero-order valence-corrected chi connectivity index (χ0v) is 8.77. The van der Waals surface area contributed by atoms with E-state index in [-0.39, 0.29) is 11.3 Å². The average Bonchev–Trinajstić information content (AvgIpc) is 2.65. The van der Waals surface area contributed by atoms with Crippen molar-refractivity contribution in [2.75, 3.05) is 0 Å². The van der Waals surface area contributed by atoms with E-state index in [1.165, 1.54) is 0 Å². The van der Waals surface area contributed by atoms with Gasteiger partial charge in [0.15, 0.2) is 0 Å². The fraction of sp³-hybridized carbons (Fsp3) is 0.364. The third-order valence-corrected chi connectivity index (χ3v) is 3.19. The Bertz CT molecular complexity index is 323. The first kappa shape index (κ1) is 9.74. The van der Waals surface area contributed by atoms with Crippen molar-refractivity contribution in [1.29, 1.82) is 0 Å². The second-order valence-corrected chi connectivity index (χ2v) is 4.20. The minimum atomic E-state index is 0.168. The van der Waals surface area contributed by atoms with Gasteiger partial charge in [-0.05, 0) is 24.5 Å². The molecule has 0 saturated carbocycles. The lowest BCUT2D eigenvalue weighted by atomic mass is 10.0. The number of nitrogens with two attached hydrogens (primary N) is 1. The fourth-order valence-electron chi connectivity index (χ4n) is 1.76. The van der Waals surface area contributed by atoms with Crippen LogP contribution in [0.4, 0.5) is 0 Å². The summed E-state index contributed by atoms with van der Waals surface area (Å²) in [6.07, 6.45) is 6.98. The van der Waals surface area contributed by atoms with Gasteiger partial charge in [0, 0.05) is 12.2 Å². The molecule has 1 heterocycles. The van der Waals surface area contributed by atoms with Crippen molar-refractivity contribution in [1.82, 2.24) is 4.98 Å². The number of rotatable bonds is 2.